The van der Waals surface area contributed by atoms with Gasteiger partial charge in [0.1, 0.15) is 0 Å². The first kappa shape index (κ1) is 13.1. The first-order valence-corrected chi connectivity index (χ1v) is 5.50. The van der Waals surface area contributed by atoms with Crippen molar-refractivity contribution in [3.8, 4) is 17.2 Å². The smallest absolute Gasteiger partial charge is 0.260 e. The summed E-state index contributed by atoms with van der Waals surface area (Å²) in [6, 6.07) is 10.3. The van der Waals surface area contributed by atoms with Crippen LogP contribution in [-0.4, -0.2) is 4.98 Å². The molecule has 0 radical (unpaired) electrons. The van der Waals surface area contributed by atoms with Crippen LogP contribution >= 0.6 is 0 Å². The minimum atomic E-state index is -4.33. The summed E-state index contributed by atoms with van der Waals surface area (Å²) >= 11 is 0. The molecule has 96 valence electrons. The Morgan fingerprint density at radius 2 is 1.74 bits per heavy atom. The molecule has 2 nitrogen and oxygen atoms in total. The standard InChI is InChI=1S/C14H9F3N2/c15-14(16,17)12-3-1-10(2-4-12)11-6-8-19-13(9-11)5-7-18/h1-4,6,8-9H,5H2. The van der Waals surface area contributed by atoms with Gasteiger partial charge in [-0.15, -0.1) is 0 Å². The van der Waals surface area contributed by atoms with E-state index >= 15 is 0 Å². The van der Waals surface area contributed by atoms with Crippen LogP contribution in [-0.2, 0) is 12.6 Å². The first-order chi connectivity index (χ1) is 9.00. The number of rotatable bonds is 2. The summed E-state index contributed by atoms with van der Waals surface area (Å²) in [7, 11) is 0. The highest BCUT2D eigenvalue weighted by atomic mass is 19.4. The molecule has 0 unspecified atom stereocenters. The van der Waals surface area contributed by atoms with Crippen LogP contribution in [0.15, 0.2) is 42.6 Å². The summed E-state index contributed by atoms with van der Waals surface area (Å²) < 4.78 is 37.3. The maximum atomic E-state index is 12.4. The molecule has 0 saturated carbocycles. The van der Waals surface area contributed by atoms with Crippen molar-refractivity contribution in [3.63, 3.8) is 0 Å². The molecule has 0 aliphatic rings. The molecule has 19 heavy (non-hydrogen) atoms. The van der Waals surface area contributed by atoms with Gasteiger partial charge in [-0.25, -0.2) is 0 Å². The Kier molecular flexibility index (Phi) is 3.52. The Balaban J connectivity index is 2.32. The molecule has 0 saturated heterocycles. The molecule has 0 aliphatic heterocycles. The van der Waals surface area contributed by atoms with Gasteiger partial charge in [0.25, 0.3) is 0 Å². The van der Waals surface area contributed by atoms with E-state index in [1.54, 1.807) is 18.3 Å². The van der Waals surface area contributed by atoms with E-state index in [1.165, 1.54) is 12.1 Å². The highest BCUT2D eigenvalue weighted by Crippen LogP contribution is 2.30. The average Bonchev–Trinajstić information content (AvgIpc) is 2.39. The molecule has 0 bridgehead atoms. The van der Waals surface area contributed by atoms with Crippen LogP contribution in [0.4, 0.5) is 13.2 Å². The van der Waals surface area contributed by atoms with Gasteiger partial charge in [0.2, 0.25) is 0 Å². The summed E-state index contributed by atoms with van der Waals surface area (Å²) in [5.74, 6) is 0. The zero-order valence-corrected chi connectivity index (χ0v) is 9.78. The van der Waals surface area contributed by atoms with E-state index in [0.29, 0.717) is 11.3 Å². The molecule has 2 rings (SSSR count). The predicted octanol–water partition coefficient (Wildman–Crippen LogP) is 3.83. The first-order valence-electron chi connectivity index (χ1n) is 5.50. The monoisotopic (exact) mass is 262 g/mol. The fraction of sp³-hybridized carbons (Fsp3) is 0.143. The normalized spacial score (nSPS) is 11.1. The molecule has 1 aromatic heterocycles. The van der Waals surface area contributed by atoms with Gasteiger partial charge in [0.15, 0.2) is 0 Å². The topological polar surface area (TPSA) is 36.7 Å². The quantitative estimate of drug-likeness (QED) is 0.824. The fourth-order valence-corrected chi connectivity index (χ4v) is 1.69. The third-order valence-electron chi connectivity index (χ3n) is 2.62. The number of nitriles is 1. The van der Waals surface area contributed by atoms with Crippen LogP contribution in [0.3, 0.4) is 0 Å². The van der Waals surface area contributed by atoms with Crippen molar-refractivity contribution in [2.75, 3.05) is 0 Å². The van der Waals surface area contributed by atoms with Crippen LogP contribution < -0.4 is 0 Å². The Morgan fingerprint density at radius 3 is 2.32 bits per heavy atom. The van der Waals surface area contributed by atoms with E-state index < -0.39 is 11.7 Å². The summed E-state index contributed by atoms with van der Waals surface area (Å²) in [5, 5.41) is 8.59. The van der Waals surface area contributed by atoms with Crippen LogP contribution in [0.2, 0.25) is 0 Å². The van der Waals surface area contributed by atoms with Crippen LogP contribution in [0, 0.1) is 11.3 Å². The molecule has 0 fully saturated rings. The lowest BCUT2D eigenvalue weighted by molar-refractivity contribution is -0.137. The molecule has 0 amide bonds. The number of pyridine rings is 1. The van der Waals surface area contributed by atoms with Gasteiger partial charge in [-0.1, -0.05) is 12.1 Å². The predicted molar refractivity (Wildman–Crippen MR) is 64.0 cm³/mol. The molecular formula is C14H9F3N2. The van der Waals surface area contributed by atoms with Gasteiger partial charge in [-0.3, -0.25) is 4.98 Å². The van der Waals surface area contributed by atoms with Gasteiger partial charge >= 0.3 is 6.18 Å². The summed E-state index contributed by atoms with van der Waals surface area (Å²) in [6.07, 6.45) is -2.61. The summed E-state index contributed by atoms with van der Waals surface area (Å²) in [4.78, 5) is 4.01. The van der Waals surface area contributed by atoms with Crippen molar-refractivity contribution < 1.29 is 13.2 Å². The van der Waals surface area contributed by atoms with Gasteiger partial charge in [0.05, 0.1) is 23.7 Å². The lowest BCUT2D eigenvalue weighted by Crippen LogP contribution is -2.04. The lowest BCUT2D eigenvalue weighted by Gasteiger charge is -2.08. The molecule has 1 heterocycles. The van der Waals surface area contributed by atoms with Crippen molar-refractivity contribution in [2.45, 2.75) is 12.6 Å². The van der Waals surface area contributed by atoms with Crippen molar-refractivity contribution in [3.05, 3.63) is 53.9 Å². The van der Waals surface area contributed by atoms with E-state index in [0.717, 1.165) is 17.7 Å². The van der Waals surface area contributed by atoms with Crippen molar-refractivity contribution >= 4 is 0 Å². The van der Waals surface area contributed by atoms with Crippen molar-refractivity contribution in [1.29, 1.82) is 5.26 Å². The molecule has 0 N–H and O–H groups in total. The molecule has 5 heteroatoms. The lowest BCUT2D eigenvalue weighted by atomic mass is 10.0. The Hall–Kier alpha value is -2.35. The number of aromatic nitrogens is 1. The zero-order chi connectivity index (χ0) is 13.9. The number of nitrogens with zero attached hydrogens (tertiary/aromatic N) is 2. The maximum Gasteiger partial charge on any atom is 0.416 e. The Bertz CT molecular complexity index is 610. The minimum Gasteiger partial charge on any atom is -0.260 e. The SMILES string of the molecule is N#CCc1cc(-c2ccc(C(F)(F)F)cc2)ccn1. The van der Waals surface area contributed by atoms with Gasteiger partial charge in [-0.2, -0.15) is 18.4 Å². The third kappa shape index (κ3) is 3.10. The highest BCUT2D eigenvalue weighted by Gasteiger charge is 2.29. The molecule has 2 aromatic rings. The van der Waals surface area contributed by atoms with E-state index in [1.807, 2.05) is 6.07 Å². The largest absolute Gasteiger partial charge is 0.416 e. The third-order valence-corrected chi connectivity index (χ3v) is 2.62. The highest BCUT2D eigenvalue weighted by molar-refractivity contribution is 5.63. The molecular weight excluding hydrogens is 253 g/mol. The van der Waals surface area contributed by atoms with Gasteiger partial charge in [-0.05, 0) is 35.4 Å². The van der Waals surface area contributed by atoms with Crippen LogP contribution in [0.1, 0.15) is 11.3 Å². The summed E-state index contributed by atoms with van der Waals surface area (Å²) in [6.45, 7) is 0. The van der Waals surface area contributed by atoms with E-state index in [-0.39, 0.29) is 6.42 Å². The van der Waals surface area contributed by atoms with Gasteiger partial charge in [0, 0.05) is 6.20 Å². The van der Waals surface area contributed by atoms with Crippen LogP contribution in [0.5, 0.6) is 0 Å². The molecule has 0 aliphatic carbocycles. The number of alkyl halides is 3. The zero-order valence-electron chi connectivity index (χ0n) is 9.78. The maximum absolute atomic E-state index is 12.4. The number of hydrogen-bond acceptors (Lipinski definition) is 2. The Morgan fingerprint density at radius 1 is 1.05 bits per heavy atom. The number of benzene rings is 1. The van der Waals surface area contributed by atoms with E-state index in [4.69, 9.17) is 5.26 Å². The molecule has 1 aromatic carbocycles. The van der Waals surface area contributed by atoms with Crippen molar-refractivity contribution in [2.24, 2.45) is 0 Å². The second-order valence-electron chi connectivity index (χ2n) is 3.95. The number of hydrogen-bond donors (Lipinski definition) is 0. The van der Waals surface area contributed by atoms with E-state index in [2.05, 4.69) is 4.98 Å². The molecule has 0 spiro atoms. The Labute approximate surface area is 108 Å². The van der Waals surface area contributed by atoms with Gasteiger partial charge < -0.3 is 0 Å². The average molecular weight is 262 g/mol. The van der Waals surface area contributed by atoms with E-state index in [9.17, 15) is 13.2 Å². The van der Waals surface area contributed by atoms with Crippen molar-refractivity contribution in [1.82, 2.24) is 4.98 Å². The van der Waals surface area contributed by atoms with Crippen LogP contribution in [0.25, 0.3) is 11.1 Å². The second-order valence-corrected chi connectivity index (χ2v) is 3.95. The minimum absolute atomic E-state index is 0.175. The second kappa shape index (κ2) is 5.11. The number of halogens is 3. The summed E-state index contributed by atoms with van der Waals surface area (Å²) in [5.41, 5.74) is 1.33. The fourth-order valence-electron chi connectivity index (χ4n) is 1.69. The molecule has 0 atom stereocenters.